The average molecular weight is 210 g/mol. The van der Waals surface area contributed by atoms with Crippen molar-refractivity contribution in [2.75, 3.05) is 7.05 Å². The smallest absolute Gasteiger partial charge is 0.239 e. The Labute approximate surface area is 89.9 Å². The van der Waals surface area contributed by atoms with E-state index >= 15 is 0 Å². The molecule has 1 aromatic heterocycles. The van der Waals surface area contributed by atoms with Gasteiger partial charge in [0, 0.05) is 25.5 Å². The molecule has 0 saturated carbocycles. The summed E-state index contributed by atoms with van der Waals surface area (Å²) in [7, 11) is 1.63. The highest BCUT2D eigenvalue weighted by molar-refractivity contribution is 5.75. The van der Waals surface area contributed by atoms with Crippen LogP contribution in [0.1, 0.15) is 19.7 Å². The summed E-state index contributed by atoms with van der Waals surface area (Å²) in [5.74, 6) is 0.867. The maximum atomic E-state index is 11.2. The zero-order valence-electron chi connectivity index (χ0n) is 9.45. The molecule has 1 aromatic rings. The second kappa shape index (κ2) is 5.50. The Morgan fingerprint density at radius 3 is 2.93 bits per heavy atom. The Morgan fingerprint density at radius 1 is 1.60 bits per heavy atom. The van der Waals surface area contributed by atoms with Crippen LogP contribution in [0.5, 0.6) is 0 Å². The molecule has 0 bridgehead atoms. The lowest BCUT2D eigenvalue weighted by molar-refractivity contribution is -0.121. The van der Waals surface area contributed by atoms with Gasteiger partial charge in [-0.15, -0.1) is 0 Å². The van der Waals surface area contributed by atoms with Crippen molar-refractivity contribution < 1.29 is 4.79 Å². The Balaban J connectivity index is 2.57. The van der Waals surface area contributed by atoms with Crippen LogP contribution >= 0.6 is 0 Å². The number of rotatable bonds is 5. The van der Waals surface area contributed by atoms with Crippen molar-refractivity contribution in [2.24, 2.45) is 0 Å². The molecule has 1 rings (SSSR count). The van der Waals surface area contributed by atoms with Crippen molar-refractivity contribution in [1.29, 1.82) is 0 Å². The first-order chi connectivity index (χ1) is 7.13. The Kier molecular flexibility index (Phi) is 4.30. The second-order valence-corrected chi connectivity index (χ2v) is 3.68. The molecule has 0 radical (unpaired) electrons. The third-order valence-electron chi connectivity index (χ3n) is 2.06. The topological polar surface area (TPSA) is 59.0 Å². The summed E-state index contributed by atoms with van der Waals surface area (Å²) in [6.45, 7) is 5.16. The maximum Gasteiger partial charge on any atom is 0.239 e. The van der Waals surface area contributed by atoms with Gasteiger partial charge in [-0.1, -0.05) is 13.8 Å². The van der Waals surface area contributed by atoms with Gasteiger partial charge >= 0.3 is 0 Å². The van der Waals surface area contributed by atoms with Gasteiger partial charge in [0.25, 0.3) is 0 Å². The summed E-state index contributed by atoms with van der Waals surface area (Å²) in [6.07, 6.45) is 3.52. The molecule has 5 heteroatoms. The molecule has 0 aliphatic rings. The fourth-order valence-electron chi connectivity index (χ4n) is 1.18. The predicted octanol–water partition coefficient (Wildman–Crippen LogP) is 0.127. The molecule has 0 saturated heterocycles. The first-order valence-corrected chi connectivity index (χ1v) is 5.07. The molecule has 2 N–H and O–H groups in total. The highest BCUT2D eigenvalue weighted by Crippen LogP contribution is 1.97. The molecule has 0 aromatic carbocycles. The highest BCUT2D eigenvalue weighted by atomic mass is 16.1. The lowest BCUT2D eigenvalue weighted by Crippen LogP contribution is -2.27. The summed E-state index contributed by atoms with van der Waals surface area (Å²) in [4.78, 5) is 15.4. The van der Waals surface area contributed by atoms with Gasteiger partial charge < -0.3 is 15.2 Å². The van der Waals surface area contributed by atoms with Crippen molar-refractivity contribution >= 4 is 5.91 Å². The normalized spacial score (nSPS) is 10.7. The summed E-state index contributed by atoms with van der Waals surface area (Å²) in [6, 6.07) is 0.412. The molecule has 5 nitrogen and oxygen atoms in total. The van der Waals surface area contributed by atoms with Crippen LogP contribution in [0.4, 0.5) is 0 Å². The van der Waals surface area contributed by atoms with E-state index in [1.54, 1.807) is 13.2 Å². The quantitative estimate of drug-likeness (QED) is 0.726. The number of likely N-dealkylation sites (N-methyl/N-ethyl adjacent to an activating group) is 1. The van der Waals surface area contributed by atoms with E-state index in [9.17, 15) is 4.79 Å². The van der Waals surface area contributed by atoms with E-state index in [1.807, 2.05) is 10.8 Å². The van der Waals surface area contributed by atoms with E-state index in [4.69, 9.17) is 0 Å². The van der Waals surface area contributed by atoms with E-state index in [1.165, 1.54) is 0 Å². The van der Waals surface area contributed by atoms with Gasteiger partial charge in [0.05, 0.1) is 6.54 Å². The number of carbonyl (C=O) groups excluding carboxylic acids is 1. The second-order valence-electron chi connectivity index (χ2n) is 3.68. The van der Waals surface area contributed by atoms with Gasteiger partial charge in [0.15, 0.2) is 0 Å². The molecule has 0 fully saturated rings. The molecule has 0 atom stereocenters. The van der Waals surface area contributed by atoms with Gasteiger partial charge in [-0.3, -0.25) is 4.79 Å². The fraction of sp³-hybridized carbons (Fsp3) is 0.600. The number of hydrogen-bond acceptors (Lipinski definition) is 3. The highest BCUT2D eigenvalue weighted by Gasteiger charge is 2.06. The van der Waals surface area contributed by atoms with Gasteiger partial charge in [-0.05, 0) is 0 Å². The van der Waals surface area contributed by atoms with Crippen molar-refractivity contribution in [1.82, 2.24) is 20.2 Å². The van der Waals surface area contributed by atoms with Crippen LogP contribution in [0.3, 0.4) is 0 Å². The molecule has 0 aliphatic heterocycles. The van der Waals surface area contributed by atoms with Gasteiger partial charge in [0.2, 0.25) is 5.91 Å². The summed E-state index contributed by atoms with van der Waals surface area (Å²) >= 11 is 0. The number of imidazole rings is 1. The van der Waals surface area contributed by atoms with Gasteiger partial charge in [0.1, 0.15) is 12.4 Å². The van der Waals surface area contributed by atoms with Crippen LogP contribution < -0.4 is 10.6 Å². The monoisotopic (exact) mass is 210 g/mol. The van der Waals surface area contributed by atoms with Crippen LogP contribution in [0, 0.1) is 0 Å². The SMILES string of the molecule is CNC(=O)Cn1ccnc1CNC(C)C. The lowest BCUT2D eigenvalue weighted by atomic mass is 10.4. The molecule has 1 heterocycles. The minimum Gasteiger partial charge on any atom is -0.358 e. The average Bonchev–Trinajstić information content (AvgIpc) is 2.62. The van der Waals surface area contributed by atoms with E-state index in [0.717, 1.165) is 5.82 Å². The largest absolute Gasteiger partial charge is 0.358 e. The van der Waals surface area contributed by atoms with Crippen LogP contribution in [-0.4, -0.2) is 28.5 Å². The van der Waals surface area contributed by atoms with Crippen LogP contribution in [-0.2, 0) is 17.9 Å². The first kappa shape index (κ1) is 11.7. The van der Waals surface area contributed by atoms with Crippen molar-refractivity contribution in [3.63, 3.8) is 0 Å². The van der Waals surface area contributed by atoms with Gasteiger partial charge in [-0.2, -0.15) is 0 Å². The number of nitrogens with one attached hydrogen (secondary N) is 2. The third-order valence-corrected chi connectivity index (χ3v) is 2.06. The van der Waals surface area contributed by atoms with Gasteiger partial charge in [-0.25, -0.2) is 4.98 Å². The molecule has 1 amide bonds. The van der Waals surface area contributed by atoms with E-state index in [0.29, 0.717) is 19.1 Å². The molecule has 84 valence electrons. The molecule has 0 unspecified atom stereocenters. The van der Waals surface area contributed by atoms with Crippen LogP contribution in [0.25, 0.3) is 0 Å². The van der Waals surface area contributed by atoms with Crippen molar-refractivity contribution in [3.05, 3.63) is 18.2 Å². The number of carbonyl (C=O) groups is 1. The van der Waals surface area contributed by atoms with Crippen molar-refractivity contribution in [2.45, 2.75) is 33.0 Å². The zero-order valence-corrected chi connectivity index (χ0v) is 9.45. The van der Waals surface area contributed by atoms with E-state index < -0.39 is 0 Å². The summed E-state index contributed by atoms with van der Waals surface area (Å²) < 4.78 is 1.84. The minimum atomic E-state index is -0.0150. The molecular weight excluding hydrogens is 192 g/mol. The van der Waals surface area contributed by atoms with Crippen molar-refractivity contribution in [3.8, 4) is 0 Å². The summed E-state index contributed by atoms with van der Waals surface area (Å²) in [5.41, 5.74) is 0. The minimum absolute atomic E-state index is 0.0150. The fourth-order valence-corrected chi connectivity index (χ4v) is 1.18. The Hall–Kier alpha value is -1.36. The van der Waals surface area contributed by atoms with E-state index in [2.05, 4.69) is 29.5 Å². The zero-order chi connectivity index (χ0) is 11.3. The number of hydrogen-bond donors (Lipinski definition) is 2. The van der Waals surface area contributed by atoms with E-state index in [-0.39, 0.29) is 5.91 Å². The number of amides is 1. The standard InChI is InChI=1S/C10H18N4O/c1-8(2)13-6-9-12-4-5-14(9)7-10(15)11-3/h4-5,8,13H,6-7H2,1-3H3,(H,11,15). The molecule has 15 heavy (non-hydrogen) atoms. The maximum absolute atomic E-state index is 11.2. The molecular formula is C10H18N4O. The Morgan fingerprint density at radius 2 is 2.33 bits per heavy atom. The summed E-state index contributed by atoms with van der Waals surface area (Å²) in [5, 5.41) is 5.85. The molecule has 0 aliphatic carbocycles. The van der Waals surface area contributed by atoms with Crippen LogP contribution in [0.15, 0.2) is 12.4 Å². The Bertz CT molecular complexity index is 319. The number of aromatic nitrogens is 2. The third kappa shape index (κ3) is 3.71. The first-order valence-electron chi connectivity index (χ1n) is 5.07. The van der Waals surface area contributed by atoms with Crippen LogP contribution in [0.2, 0.25) is 0 Å². The lowest BCUT2D eigenvalue weighted by Gasteiger charge is -2.09. The molecule has 0 spiro atoms. The number of nitrogens with zero attached hydrogens (tertiary/aromatic N) is 2. The predicted molar refractivity (Wildman–Crippen MR) is 58.3 cm³/mol.